The number of halogens is 2. The molecule has 5 heteroatoms. The molecule has 0 rings (SSSR count). The van der Waals surface area contributed by atoms with Crippen LogP contribution in [-0.2, 0) is 9.53 Å². The van der Waals surface area contributed by atoms with Crippen LogP contribution in [0.4, 0.5) is 8.78 Å². The van der Waals surface area contributed by atoms with Gasteiger partial charge in [0.15, 0.2) is 0 Å². The number of carbonyl (C=O) groups excluding carboxylic acids is 1. The predicted molar refractivity (Wildman–Crippen MR) is 76.9 cm³/mol. The Balaban J connectivity index is 3.61. The van der Waals surface area contributed by atoms with Crippen molar-refractivity contribution in [2.45, 2.75) is 70.5 Å². The van der Waals surface area contributed by atoms with Crippen molar-refractivity contribution in [3.8, 4) is 0 Å². The molecule has 0 aliphatic rings. The smallest absolute Gasteiger partial charge is 0.319 e. The first-order valence-electron chi connectivity index (χ1n) is 7.18. The summed E-state index contributed by atoms with van der Waals surface area (Å²) in [6.45, 7) is 4.29. The summed E-state index contributed by atoms with van der Waals surface area (Å²) in [7, 11) is 0. The monoisotopic (exact) mass is 296 g/mol. The van der Waals surface area contributed by atoms with Gasteiger partial charge in [0, 0.05) is 6.42 Å². The maximum atomic E-state index is 11.9. The fourth-order valence-corrected chi connectivity index (χ4v) is 3.01. The van der Waals surface area contributed by atoms with Gasteiger partial charge in [-0.25, -0.2) is 8.78 Å². The lowest BCUT2D eigenvalue weighted by atomic mass is 10.2. The molecule has 0 aromatic heterocycles. The van der Waals surface area contributed by atoms with Crippen LogP contribution in [0.2, 0.25) is 0 Å². The molecule has 114 valence electrons. The SMILES string of the molecule is CCCC(SCCCCCCC(F)F)C(=O)OCC. The fraction of sp³-hybridized carbons (Fsp3) is 0.929. The second-order valence-corrected chi connectivity index (χ2v) is 5.80. The zero-order valence-corrected chi connectivity index (χ0v) is 12.8. The summed E-state index contributed by atoms with van der Waals surface area (Å²) in [5.41, 5.74) is 0. The van der Waals surface area contributed by atoms with Crippen LogP contribution in [0.1, 0.15) is 58.8 Å². The summed E-state index contributed by atoms with van der Waals surface area (Å²) >= 11 is 1.64. The molecule has 0 aliphatic carbocycles. The lowest BCUT2D eigenvalue weighted by molar-refractivity contribution is -0.142. The van der Waals surface area contributed by atoms with E-state index in [1.54, 1.807) is 11.8 Å². The Hall–Kier alpha value is -0.320. The van der Waals surface area contributed by atoms with Gasteiger partial charge in [-0.2, -0.15) is 0 Å². The molecule has 0 aromatic rings. The largest absolute Gasteiger partial charge is 0.465 e. The first-order valence-corrected chi connectivity index (χ1v) is 8.23. The second-order valence-electron chi connectivity index (χ2n) is 4.49. The molecule has 2 nitrogen and oxygen atoms in total. The third-order valence-electron chi connectivity index (χ3n) is 2.74. The Morgan fingerprint density at radius 3 is 2.37 bits per heavy atom. The summed E-state index contributed by atoms with van der Waals surface area (Å²) in [4.78, 5) is 11.6. The van der Waals surface area contributed by atoms with Gasteiger partial charge in [0.05, 0.1) is 6.61 Å². The number of ether oxygens (including phenoxy) is 1. The molecule has 0 heterocycles. The molecule has 0 bridgehead atoms. The van der Waals surface area contributed by atoms with Gasteiger partial charge >= 0.3 is 5.97 Å². The Morgan fingerprint density at radius 2 is 1.79 bits per heavy atom. The maximum absolute atomic E-state index is 11.9. The van der Waals surface area contributed by atoms with Gasteiger partial charge in [-0.3, -0.25) is 4.79 Å². The summed E-state index contributed by atoms with van der Waals surface area (Å²) in [5, 5.41) is -0.0639. The molecular weight excluding hydrogens is 270 g/mol. The number of carbonyl (C=O) groups is 1. The van der Waals surface area contributed by atoms with Crippen LogP contribution in [0.25, 0.3) is 0 Å². The molecule has 0 radical (unpaired) electrons. The minimum absolute atomic E-state index is 0.00836. The highest BCUT2D eigenvalue weighted by atomic mass is 32.2. The normalized spacial score (nSPS) is 12.7. The third-order valence-corrected chi connectivity index (χ3v) is 4.09. The fourth-order valence-electron chi connectivity index (χ4n) is 1.75. The van der Waals surface area contributed by atoms with Crippen LogP contribution in [0.5, 0.6) is 0 Å². The molecule has 0 aliphatic heterocycles. The molecule has 19 heavy (non-hydrogen) atoms. The van der Waals surface area contributed by atoms with Crippen molar-refractivity contribution in [1.82, 2.24) is 0 Å². The highest BCUT2D eigenvalue weighted by Crippen LogP contribution is 2.20. The standard InChI is InChI=1S/C14H26F2O2S/c1-3-9-12(14(17)18-4-2)19-11-8-6-5-7-10-13(15)16/h12-13H,3-11H2,1-2H3. The Morgan fingerprint density at radius 1 is 1.11 bits per heavy atom. The molecule has 0 saturated heterocycles. The minimum Gasteiger partial charge on any atom is -0.465 e. The first kappa shape index (κ1) is 18.7. The van der Waals surface area contributed by atoms with Crippen LogP contribution in [0.15, 0.2) is 0 Å². The Labute approximate surface area is 119 Å². The summed E-state index contributed by atoms with van der Waals surface area (Å²) in [5.74, 6) is 0.782. The van der Waals surface area contributed by atoms with Crippen molar-refractivity contribution < 1.29 is 18.3 Å². The number of thioether (sulfide) groups is 1. The van der Waals surface area contributed by atoms with E-state index in [-0.39, 0.29) is 17.6 Å². The first-order chi connectivity index (χ1) is 9.11. The Kier molecular flexibility index (Phi) is 12.5. The maximum Gasteiger partial charge on any atom is 0.319 e. The van der Waals surface area contributed by atoms with E-state index >= 15 is 0 Å². The lowest BCUT2D eigenvalue weighted by Gasteiger charge is -2.14. The average Bonchev–Trinajstić information content (AvgIpc) is 2.36. The molecule has 0 fully saturated rings. The van der Waals surface area contributed by atoms with Gasteiger partial charge in [0.2, 0.25) is 6.43 Å². The van der Waals surface area contributed by atoms with Gasteiger partial charge in [0.1, 0.15) is 5.25 Å². The van der Waals surface area contributed by atoms with Crippen molar-refractivity contribution in [1.29, 1.82) is 0 Å². The number of alkyl halides is 2. The number of rotatable bonds is 12. The van der Waals surface area contributed by atoms with Crippen LogP contribution >= 0.6 is 11.8 Å². The number of unbranched alkanes of at least 4 members (excludes halogenated alkanes) is 3. The van der Waals surface area contributed by atoms with Gasteiger partial charge in [0.25, 0.3) is 0 Å². The van der Waals surface area contributed by atoms with E-state index in [1.165, 1.54) is 0 Å². The number of hydrogen-bond acceptors (Lipinski definition) is 3. The van der Waals surface area contributed by atoms with Crippen molar-refractivity contribution in [3.05, 3.63) is 0 Å². The summed E-state index contributed by atoms with van der Waals surface area (Å²) in [6.07, 6.45) is 3.02. The highest BCUT2D eigenvalue weighted by Gasteiger charge is 2.18. The van der Waals surface area contributed by atoms with Crippen molar-refractivity contribution >= 4 is 17.7 Å². The van der Waals surface area contributed by atoms with Crippen molar-refractivity contribution in [2.24, 2.45) is 0 Å². The van der Waals surface area contributed by atoms with E-state index in [2.05, 4.69) is 6.92 Å². The van der Waals surface area contributed by atoms with E-state index in [1.807, 2.05) is 6.92 Å². The molecule has 1 unspecified atom stereocenters. The quantitative estimate of drug-likeness (QED) is 0.387. The lowest BCUT2D eigenvalue weighted by Crippen LogP contribution is -2.20. The third kappa shape index (κ3) is 11.2. The summed E-state index contributed by atoms with van der Waals surface area (Å²) < 4.78 is 28.8. The second kappa shape index (κ2) is 12.7. The topological polar surface area (TPSA) is 26.3 Å². The van der Waals surface area contributed by atoms with E-state index < -0.39 is 6.43 Å². The average molecular weight is 296 g/mol. The Bertz CT molecular complexity index is 225. The zero-order chi connectivity index (χ0) is 14.5. The summed E-state index contributed by atoms with van der Waals surface area (Å²) in [6, 6.07) is 0. The molecule has 0 N–H and O–H groups in total. The number of hydrogen-bond donors (Lipinski definition) is 0. The van der Waals surface area contributed by atoms with Crippen LogP contribution in [-0.4, -0.2) is 30.0 Å². The van der Waals surface area contributed by atoms with Gasteiger partial charge in [-0.1, -0.05) is 26.2 Å². The van der Waals surface area contributed by atoms with Crippen LogP contribution in [0.3, 0.4) is 0 Å². The molecule has 0 saturated carbocycles. The molecule has 0 amide bonds. The minimum atomic E-state index is -2.17. The predicted octanol–water partition coefficient (Wildman–Crippen LogP) is 4.67. The van der Waals surface area contributed by atoms with Gasteiger partial charge in [-0.05, 0) is 31.9 Å². The molecule has 0 spiro atoms. The van der Waals surface area contributed by atoms with Crippen LogP contribution in [0, 0.1) is 0 Å². The van der Waals surface area contributed by atoms with E-state index in [0.717, 1.165) is 37.9 Å². The molecule has 0 aromatic carbocycles. The van der Waals surface area contributed by atoms with E-state index in [0.29, 0.717) is 13.0 Å². The van der Waals surface area contributed by atoms with Crippen molar-refractivity contribution in [3.63, 3.8) is 0 Å². The van der Waals surface area contributed by atoms with Crippen molar-refractivity contribution in [2.75, 3.05) is 12.4 Å². The number of esters is 1. The zero-order valence-electron chi connectivity index (χ0n) is 12.0. The molecular formula is C14H26F2O2S. The van der Waals surface area contributed by atoms with Gasteiger partial charge < -0.3 is 4.74 Å². The van der Waals surface area contributed by atoms with Gasteiger partial charge in [-0.15, -0.1) is 11.8 Å². The highest BCUT2D eigenvalue weighted by molar-refractivity contribution is 8.00. The van der Waals surface area contributed by atoms with E-state index in [9.17, 15) is 13.6 Å². The van der Waals surface area contributed by atoms with E-state index in [4.69, 9.17) is 4.74 Å². The van der Waals surface area contributed by atoms with Crippen LogP contribution < -0.4 is 0 Å². The molecule has 1 atom stereocenters.